The zero-order valence-electron chi connectivity index (χ0n) is 13.7. The van der Waals surface area contributed by atoms with E-state index >= 15 is 0 Å². The van der Waals surface area contributed by atoms with Gasteiger partial charge in [-0.25, -0.2) is 9.38 Å². The largest absolute Gasteiger partial charge is 0.284 e. The molecule has 1 aliphatic rings. The summed E-state index contributed by atoms with van der Waals surface area (Å²) in [5.41, 5.74) is 0.971. The van der Waals surface area contributed by atoms with Gasteiger partial charge in [0.25, 0.3) is 5.91 Å². The van der Waals surface area contributed by atoms with Crippen LogP contribution in [0.2, 0.25) is 5.02 Å². The van der Waals surface area contributed by atoms with E-state index in [4.69, 9.17) is 11.6 Å². The van der Waals surface area contributed by atoms with E-state index < -0.39 is 5.82 Å². The molecule has 2 aromatic rings. The van der Waals surface area contributed by atoms with E-state index in [9.17, 15) is 9.18 Å². The van der Waals surface area contributed by atoms with E-state index in [0.717, 1.165) is 5.69 Å². The second kappa shape index (κ2) is 7.42. The topological polar surface area (TPSA) is 32.7 Å². The molecule has 0 unspecified atom stereocenters. The van der Waals surface area contributed by atoms with Gasteiger partial charge in [0.15, 0.2) is 5.17 Å². The van der Waals surface area contributed by atoms with E-state index in [-0.39, 0.29) is 22.5 Å². The minimum Gasteiger partial charge on any atom is -0.284 e. The lowest BCUT2D eigenvalue weighted by Crippen LogP contribution is -2.35. The first-order valence-corrected chi connectivity index (χ1v) is 8.97. The Morgan fingerprint density at radius 3 is 2.52 bits per heavy atom. The summed E-state index contributed by atoms with van der Waals surface area (Å²) in [5.74, 6) is -0.660. The lowest BCUT2D eigenvalue weighted by atomic mass is 10.2. The number of amidine groups is 1. The molecule has 0 saturated carbocycles. The first kappa shape index (κ1) is 17.7. The molecule has 128 valence electrons. The molecule has 6 heteroatoms. The molecular weight excluding hydrogens is 359 g/mol. The highest BCUT2D eigenvalue weighted by molar-refractivity contribution is 8.18. The third-order valence-corrected chi connectivity index (χ3v) is 4.92. The van der Waals surface area contributed by atoms with Gasteiger partial charge in [-0.1, -0.05) is 35.9 Å². The number of benzene rings is 2. The van der Waals surface area contributed by atoms with Crippen LogP contribution < -0.4 is 0 Å². The minimum atomic E-state index is -0.460. The van der Waals surface area contributed by atoms with E-state index in [1.165, 1.54) is 30.0 Å². The average Bonchev–Trinajstić information content (AvgIpc) is 2.87. The highest BCUT2D eigenvalue weighted by atomic mass is 35.5. The quantitative estimate of drug-likeness (QED) is 0.665. The van der Waals surface area contributed by atoms with E-state index in [1.807, 2.05) is 44.2 Å². The van der Waals surface area contributed by atoms with Crippen LogP contribution >= 0.6 is 23.4 Å². The predicted octanol–water partition coefficient (Wildman–Crippen LogP) is 5.49. The van der Waals surface area contributed by atoms with Crippen LogP contribution in [0.1, 0.15) is 19.4 Å². The van der Waals surface area contributed by atoms with Crippen molar-refractivity contribution < 1.29 is 9.18 Å². The second-order valence-electron chi connectivity index (χ2n) is 5.74. The summed E-state index contributed by atoms with van der Waals surface area (Å²) in [4.78, 5) is 19.3. The van der Waals surface area contributed by atoms with Gasteiger partial charge in [0, 0.05) is 11.6 Å². The zero-order valence-corrected chi connectivity index (χ0v) is 15.3. The smallest absolute Gasteiger partial charge is 0.266 e. The zero-order chi connectivity index (χ0) is 18.0. The van der Waals surface area contributed by atoms with Crippen LogP contribution in [0.15, 0.2) is 58.4 Å². The van der Waals surface area contributed by atoms with Gasteiger partial charge < -0.3 is 0 Å². The third kappa shape index (κ3) is 3.78. The molecule has 1 aliphatic heterocycles. The van der Waals surface area contributed by atoms with Gasteiger partial charge in [-0.3, -0.25) is 9.69 Å². The summed E-state index contributed by atoms with van der Waals surface area (Å²) in [6.07, 6.45) is 1.49. The van der Waals surface area contributed by atoms with Crippen molar-refractivity contribution in [3.05, 3.63) is 69.8 Å². The highest BCUT2D eigenvalue weighted by Gasteiger charge is 2.35. The van der Waals surface area contributed by atoms with E-state index in [0.29, 0.717) is 10.1 Å². The fraction of sp³-hybridized carbons (Fsp3) is 0.158. The minimum absolute atomic E-state index is 0.0653. The van der Waals surface area contributed by atoms with Crippen molar-refractivity contribution in [2.45, 2.75) is 19.9 Å². The highest BCUT2D eigenvalue weighted by Crippen LogP contribution is 2.36. The van der Waals surface area contributed by atoms with Crippen molar-refractivity contribution in [1.82, 2.24) is 4.90 Å². The summed E-state index contributed by atoms with van der Waals surface area (Å²) < 4.78 is 14.0. The summed E-state index contributed by atoms with van der Waals surface area (Å²) in [6.45, 7) is 3.83. The number of para-hydroxylation sites is 1. The molecule has 0 radical (unpaired) electrons. The van der Waals surface area contributed by atoms with Crippen molar-refractivity contribution in [3.8, 4) is 0 Å². The second-order valence-corrected chi connectivity index (χ2v) is 7.16. The van der Waals surface area contributed by atoms with Crippen molar-refractivity contribution >= 4 is 46.2 Å². The molecular formula is C19H16ClFN2OS. The molecule has 1 amide bonds. The van der Waals surface area contributed by atoms with Gasteiger partial charge in [0.1, 0.15) is 5.82 Å². The van der Waals surface area contributed by atoms with Crippen molar-refractivity contribution in [1.29, 1.82) is 0 Å². The number of thioether (sulfide) groups is 1. The molecule has 1 saturated heterocycles. The standard InChI is InChI=1S/C19H16ClFN2OS/c1-12(2)23-18(24)17(11-14-15(20)9-6-10-16(14)21)25-19(23)22-13-7-4-3-5-8-13/h3-12H,1-2H3/b17-11+,22-19?. The van der Waals surface area contributed by atoms with Crippen LogP contribution in [0.4, 0.5) is 10.1 Å². The van der Waals surface area contributed by atoms with Gasteiger partial charge in [-0.05, 0) is 56.0 Å². The molecule has 1 heterocycles. The Bertz CT molecular complexity index is 845. The lowest BCUT2D eigenvalue weighted by Gasteiger charge is -2.19. The Kier molecular flexibility index (Phi) is 5.25. The number of nitrogens with zero attached hydrogens (tertiary/aromatic N) is 2. The predicted molar refractivity (Wildman–Crippen MR) is 102 cm³/mol. The first-order valence-electron chi connectivity index (χ1n) is 7.78. The maximum absolute atomic E-state index is 14.0. The summed E-state index contributed by atoms with van der Waals surface area (Å²) in [7, 11) is 0. The van der Waals surface area contributed by atoms with Crippen molar-refractivity contribution in [2.24, 2.45) is 4.99 Å². The number of carbonyl (C=O) groups excluding carboxylic acids is 1. The van der Waals surface area contributed by atoms with Crippen LogP contribution in [-0.4, -0.2) is 22.0 Å². The lowest BCUT2D eigenvalue weighted by molar-refractivity contribution is -0.123. The van der Waals surface area contributed by atoms with E-state index in [2.05, 4.69) is 4.99 Å². The molecule has 0 aromatic heterocycles. The molecule has 0 atom stereocenters. The SMILES string of the molecule is CC(C)N1C(=O)/C(=C\c2c(F)cccc2Cl)SC1=Nc1ccccc1. The maximum Gasteiger partial charge on any atom is 0.266 e. The first-order chi connectivity index (χ1) is 12.0. The number of rotatable bonds is 3. The van der Waals surface area contributed by atoms with Gasteiger partial charge >= 0.3 is 0 Å². The monoisotopic (exact) mass is 374 g/mol. The Morgan fingerprint density at radius 2 is 1.88 bits per heavy atom. The number of hydrogen-bond donors (Lipinski definition) is 0. The van der Waals surface area contributed by atoms with E-state index in [1.54, 1.807) is 11.0 Å². The van der Waals surface area contributed by atoms with Gasteiger partial charge in [0.2, 0.25) is 0 Å². The van der Waals surface area contributed by atoms with Gasteiger partial charge in [-0.15, -0.1) is 0 Å². The van der Waals surface area contributed by atoms with Crippen molar-refractivity contribution in [2.75, 3.05) is 0 Å². The van der Waals surface area contributed by atoms with Gasteiger partial charge in [0.05, 0.1) is 15.6 Å². The number of halogens is 2. The van der Waals surface area contributed by atoms with Crippen LogP contribution in [0.5, 0.6) is 0 Å². The Morgan fingerprint density at radius 1 is 1.16 bits per heavy atom. The van der Waals surface area contributed by atoms with Crippen LogP contribution in [0.25, 0.3) is 6.08 Å². The normalized spacial score (nSPS) is 18.0. The maximum atomic E-state index is 14.0. The fourth-order valence-corrected chi connectivity index (χ4v) is 3.73. The van der Waals surface area contributed by atoms with Gasteiger partial charge in [-0.2, -0.15) is 0 Å². The molecule has 0 bridgehead atoms. The summed E-state index contributed by atoms with van der Waals surface area (Å²) >= 11 is 7.30. The fourth-order valence-electron chi connectivity index (χ4n) is 2.41. The molecule has 3 rings (SSSR count). The Labute approximate surface area is 155 Å². The molecule has 3 nitrogen and oxygen atoms in total. The van der Waals surface area contributed by atoms with Crippen LogP contribution in [0.3, 0.4) is 0 Å². The van der Waals surface area contributed by atoms with Crippen LogP contribution in [-0.2, 0) is 4.79 Å². The number of aliphatic imine (C=N–C) groups is 1. The molecule has 0 aliphatic carbocycles. The average molecular weight is 375 g/mol. The van der Waals surface area contributed by atoms with Crippen molar-refractivity contribution in [3.63, 3.8) is 0 Å². The third-order valence-electron chi connectivity index (χ3n) is 3.61. The molecule has 0 spiro atoms. The summed E-state index contributed by atoms with van der Waals surface area (Å²) in [6, 6.07) is 13.8. The Hall–Kier alpha value is -2.11. The number of carbonyl (C=O) groups is 1. The molecule has 2 aromatic carbocycles. The molecule has 25 heavy (non-hydrogen) atoms. The van der Waals surface area contributed by atoms with Crippen LogP contribution in [0, 0.1) is 5.82 Å². The molecule has 0 N–H and O–H groups in total. The Balaban J connectivity index is 2.02. The summed E-state index contributed by atoms with van der Waals surface area (Å²) in [5, 5.41) is 0.843. The number of amides is 1. The molecule has 1 fully saturated rings. The number of hydrogen-bond acceptors (Lipinski definition) is 3.